The molecule has 0 saturated heterocycles. The molecule has 27 heavy (non-hydrogen) atoms. The molecule has 0 atom stereocenters. The van der Waals surface area contributed by atoms with Crippen molar-refractivity contribution in [3.63, 3.8) is 0 Å². The average Bonchev–Trinajstić information content (AvgIpc) is 2.73. The Kier molecular flexibility index (Phi) is 7.73. The van der Waals surface area contributed by atoms with Crippen molar-refractivity contribution in [1.82, 2.24) is 0 Å². The second kappa shape index (κ2) is 10.0. The Labute approximate surface area is 160 Å². The molecule has 2 aromatic carbocycles. The molecule has 5 heteroatoms. The summed E-state index contributed by atoms with van der Waals surface area (Å²) in [6.45, 7) is 1.52. The summed E-state index contributed by atoms with van der Waals surface area (Å²) < 4.78 is 0. The van der Waals surface area contributed by atoms with Gasteiger partial charge in [-0.15, -0.1) is 0 Å². The van der Waals surface area contributed by atoms with Crippen LogP contribution in [0.4, 0.5) is 0 Å². The van der Waals surface area contributed by atoms with Gasteiger partial charge < -0.3 is 21.1 Å². The molecule has 0 bridgehead atoms. The molecular formula is C22H28N2O3. The molecule has 144 valence electrons. The van der Waals surface area contributed by atoms with Crippen molar-refractivity contribution < 1.29 is 15.3 Å². The lowest BCUT2D eigenvalue weighted by Crippen LogP contribution is -2.47. The second-order valence-electron chi connectivity index (χ2n) is 6.69. The first-order chi connectivity index (χ1) is 13.0. The lowest BCUT2D eigenvalue weighted by atomic mass is 9.93. The van der Waals surface area contributed by atoms with E-state index in [9.17, 15) is 15.3 Å². The van der Waals surface area contributed by atoms with Gasteiger partial charge in [0.05, 0.1) is 18.8 Å². The van der Waals surface area contributed by atoms with E-state index >= 15 is 0 Å². The van der Waals surface area contributed by atoms with E-state index in [1.807, 2.05) is 55.5 Å². The van der Waals surface area contributed by atoms with E-state index in [-0.39, 0.29) is 13.2 Å². The van der Waals surface area contributed by atoms with Crippen LogP contribution in [0.25, 0.3) is 16.8 Å². The zero-order chi connectivity index (χ0) is 19.7. The summed E-state index contributed by atoms with van der Waals surface area (Å²) in [6, 6.07) is 16.0. The average molecular weight is 368 g/mol. The molecule has 0 saturated carbocycles. The van der Waals surface area contributed by atoms with Gasteiger partial charge in [-0.25, -0.2) is 0 Å². The molecule has 0 aromatic heterocycles. The summed E-state index contributed by atoms with van der Waals surface area (Å²) in [5, 5.41) is 27.9. The molecule has 0 radical (unpaired) electrons. The molecule has 0 fully saturated rings. The molecule has 0 spiro atoms. The van der Waals surface area contributed by atoms with Crippen LogP contribution in [0.1, 0.15) is 30.9 Å². The molecule has 5 nitrogen and oxygen atoms in total. The third kappa shape index (κ3) is 5.76. The number of hydrogen-bond acceptors (Lipinski definition) is 5. The zero-order valence-electron chi connectivity index (χ0n) is 15.7. The van der Waals surface area contributed by atoms with Crippen molar-refractivity contribution in [2.45, 2.75) is 31.7 Å². The second-order valence-corrected chi connectivity index (χ2v) is 6.69. The van der Waals surface area contributed by atoms with Gasteiger partial charge in [-0.1, -0.05) is 55.5 Å². The molecule has 0 amide bonds. The summed E-state index contributed by atoms with van der Waals surface area (Å²) in [4.78, 5) is 4.24. The van der Waals surface area contributed by atoms with E-state index in [0.29, 0.717) is 18.5 Å². The Morgan fingerprint density at radius 3 is 2.04 bits per heavy atom. The molecule has 0 aliphatic carbocycles. The lowest BCUT2D eigenvalue weighted by Gasteiger charge is -2.24. The van der Waals surface area contributed by atoms with Gasteiger partial charge >= 0.3 is 0 Å². The molecule has 2 rings (SSSR count). The van der Waals surface area contributed by atoms with E-state index in [1.165, 1.54) is 0 Å². The van der Waals surface area contributed by atoms with Gasteiger partial charge in [0.1, 0.15) is 12.0 Å². The van der Waals surface area contributed by atoms with E-state index in [0.717, 1.165) is 34.9 Å². The summed E-state index contributed by atoms with van der Waals surface area (Å²) >= 11 is 0. The van der Waals surface area contributed by atoms with Crippen molar-refractivity contribution in [2.75, 3.05) is 13.2 Å². The van der Waals surface area contributed by atoms with Crippen molar-refractivity contribution in [3.05, 3.63) is 65.9 Å². The van der Waals surface area contributed by atoms with Crippen LogP contribution in [-0.2, 0) is 6.42 Å². The number of hydrogen-bond donors (Lipinski definition) is 4. The summed E-state index contributed by atoms with van der Waals surface area (Å²) in [5.74, 6) is 0. The normalized spacial score (nSPS) is 12.7. The third-order valence-electron chi connectivity index (χ3n) is 4.54. The standard InChI is InChI=1S/C22H28N2O3/c1-2-13-24-21(14-25)20-9-7-19(8-10-20)18-5-3-17(4-6-18)11-12-22(23,15-26)16-27/h3-10,13-14,25-27H,2,11-12,15-16,23H2,1H3/b21-14-,24-13?. The van der Waals surface area contributed by atoms with Crippen molar-refractivity contribution >= 4 is 11.9 Å². The van der Waals surface area contributed by atoms with E-state index in [4.69, 9.17) is 5.73 Å². The molecule has 0 aliphatic rings. The minimum atomic E-state index is -0.938. The molecule has 5 N–H and O–H groups in total. The number of aliphatic hydroxyl groups excluding tert-OH is 3. The number of aliphatic imine (C=N–C) groups is 1. The molecule has 2 aromatic rings. The maximum absolute atomic E-state index is 9.35. The Balaban J connectivity index is 2.08. The minimum absolute atomic E-state index is 0.236. The van der Waals surface area contributed by atoms with Crippen molar-refractivity contribution in [2.24, 2.45) is 10.7 Å². The quantitative estimate of drug-likeness (QED) is 0.403. The number of nitrogens with zero attached hydrogens (tertiary/aromatic N) is 1. The van der Waals surface area contributed by atoms with Gasteiger partial charge in [0.15, 0.2) is 0 Å². The number of nitrogens with two attached hydrogens (primary N) is 1. The molecule has 0 unspecified atom stereocenters. The monoisotopic (exact) mass is 368 g/mol. The fraction of sp³-hybridized carbons (Fsp3) is 0.318. The van der Waals surface area contributed by atoms with Crippen LogP contribution >= 0.6 is 0 Å². The maximum atomic E-state index is 9.35. The van der Waals surface area contributed by atoms with E-state index in [1.54, 1.807) is 6.21 Å². The third-order valence-corrected chi connectivity index (χ3v) is 4.54. The smallest absolute Gasteiger partial charge is 0.105 e. The first kappa shape index (κ1) is 20.8. The lowest BCUT2D eigenvalue weighted by molar-refractivity contribution is 0.115. The van der Waals surface area contributed by atoms with Crippen LogP contribution < -0.4 is 5.73 Å². The van der Waals surface area contributed by atoms with Gasteiger partial charge in [0, 0.05) is 11.8 Å². The molecule has 0 heterocycles. The van der Waals surface area contributed by atoms with Gasteiger partial charge in [0.2, 0.25) is 0 Å². The van der Waals surface area contributed by atoms with Crippen molar-refractivity contribution in [1.29, 1.82) is 0 Å². The molecule has 0 aliphatic heterocycles. The van der Waals surface area contributed by atoms with Crippen LogP contribution in [-0.4, -0.2) is 40.3 Å². The summed E-state index contributed by atoms with van der Waals surface area (Å²) in [7, 11) is 0. The van der Waals surface area contributed by atoms with Crippen LogP contribution in [0.3, 0.4) is 0 Å². The predicted octanol–water partition coefficient (Wildman–Crippen LogP) is 3.31. The van der Waals surface area contributed by atoms with Gasteiger partial charge in [-0.3, -0.25) is 4.99 Å². The van der Waals surface area contributed by atoms with Crippen LogP contribution in [0.15, 0.2) is 59.8 Å². The topological polar surface area (TPSA) is 99.1 Å². The summed E-state index contributed by atoms with van der Waals surface area (Å²) in [5.41, 5.74) is 9.63. The Morgan fingerprint density at radius 2 is 1.56 bits per heavy atom. The molecular weight excluding hydrogens is 340 g/mol. The van der Waals surface area contributed by atoms with Crippen LogP contribution in [0.2, 0.25) is 0 Å². The first-order valence-electron chi connectivity index (χ1n) is 9.12. The minimum Gasteiger partial charge on any atom is -0.513 e. The van der Waals surface area contributed by atoms with Gasteiger partial charge in [-0.2, -0.15) is 0 Å². The Hall–Kier alpha value is -2.47. The SMILES string of the molecule is CCC=N/C(=C\O)c1ccc(-c2ccc(CCC(N)(CO)CO)cc2)cc1. The van der Waals surface area contributed by atoms with Gasteiger partial charge in [-0.05, 0) is 36.0 Å². The summed E-state index contributed by atoms with van der Waals surface area (Å²) in [6.07, 6.45) is 4.80. The fourth-order valence-electron chi connectivity index (χ4n) is 2.67. The number of aryl methyl sites for hydroxylation is 1. The van der Waals surface area contributed by atoms with E-state index in [2.05, 4.69) is 4.99 Å². The largest absolute Gasteiger partial charge is 0.513 e. The Morgan fingerprint density at radius 1 is 1.00 bits per heavy atom. The fourth-order valence-corrected chi connectivity index (χ4v) is 2.67. The number of benzene rings is 2. The van der Waals surface area contributed by atoms with Crippen LogP contribution in [0, 0.1) is 0 Å². The maximum Gasteiger partial charge on any atom is 0.105 e. The Bertz CT molecular complexity index is 761. The highest BCUT2D eigenvalue weighted by molar-refractivity contribution is 5.75. The highest BCUT2D eigenvalue weighted by Gasteiger charge is 2.22. The highest BCUT2D eigenvalue weighted by Crippen LogP contribution is 2.24. The number of rotatable bonds is 9. The van der Waals surface area contributed by atoms with Gasteiger partial charge in [0.25, 0.3) is 0 Å². The highest BCUT2D eigenvalue weighted by atomic mass is 16.3. The predicted molar refractivity (Wildman–Crippen MR) is 111 cm³/mol. The number of aliphatic hydroxyl groups is 3. The van der Waals surface area contributed by atoms with Crippen LogP contribution in [0.5, 0.6) is 0 Å². The van der Waals surface area contributed by atoms with Crippen molar-refractivity contribution in [3.8, 4) is 11.1 Å². The first-order valence-corrected chi connectivity index (χ1v) is 9.12. The van der Waals surface area contributed by atoms with E-state index < -0.39 is 5.54 Å². The zero-order valence-corrected chi connectivity index (χ0v) is 15.7.